The van der Waals surface area contributed by atoms with Crippen LogP contribution in [0.1, 0.15) is 45.4 Å². The molecule has 0 amide bonds. The minimum absolute atomic E-state index is 0.0234. The predicted molar refractivity (Wildman–Crippen MR) is 117 cm³/mol. The Balaban J connectivity index is 1.90. The molecule has 0 radical (unpaired) electrons. The van der Waals surface area contributed by atoms with Crippen LogP contribution < -0.4 is 0 Å². The van der Waals surface area contributed by atoms with Gasteiger partial charge < -0.3 is 4.57 Å². The number of benzene rings is 1. The molecule has 30 heavy (non-hydrogen) atoms. The van der Waals surface area contributed by atoms with Crippen molar-refractivity contribution in [2.24, 2.45) is 0 Å². The first-order valence-corrected chi connectivity index (χ1v) is 12.3. The molecule has 0 N–H and O–H groups in total. The van der Waals surface area contributed by atoms with Crippen molar-refractivity contribution in [3.63, 3.8) is 0 Å². The van der Waals surface area contributed by atoms with E-state index in [1.54, 1.807) is 42.8 Å². The van der Waals surface area contributed by atoms with Gasteiger partial charge in [-0.25, -0.2) is 17.8 Å². The van der Waals surface area contributed by atoms with E-state index in [1.807, 2.05) is 0 Å². The summed E-state index contributed by atoms with van der Waals surface area (Å²) in [5, 5.41) is -0.568. The molecule has 2 heterocycles. The molecule has 1 atom stereocenters. The normalized spacial score (nSPS) is 18.0. The van der Waals surface area contributed by atoms with E-state index in [0.29, 0.717) is 18.2 Å². The maximum atomic E-state index is 14.3. The zero-order chi connectivity index (χ0) is 21.9. The molecular formula is C22H33FN4O2S. The molecule has 2 aromatic rings. The summed E-state index contributed by atoms with van der Waals surface area (Å²) in [6.45, 7) is 12.4. The van der Waals surface area contributed by atoms with Crippen LogP contribution in [0.25, 0.3) is 0 Å². The molecule has 166 valence electrons. The third kappa shape index (κ3) is 4.76. The van der Waals surface area contributed by atoms with Gasteiger partial charge in [0.15, 0.2) is 0 Å². The van der Waals surface area contributed by atoms with E-state index in [1.165, 1.54) is 6.07 Å². The van der Waals surface area contributed by atoms with Gasteiger partial charge in [0.2, 0.25) is 15.0 Å². The smallest absolute Gasteiger partial charge is 0.228 e. The average molecular weight is 437 g/mol. The SMILES string of the molecule is CCN(CC)[C@@H]1CCN(Cc2cnc(S(=O)(=O)C(C)C)n2Cc2ccccc2F)C1. The van der Waals surface area contributed by atoms with Crippen LogP contribution in [0.2, 0.25) is 0 Å². The molecule has 1 aromatic carbocycles. The first-order chi connectivity index (χ1) is 14.3. The molecule has 0 aliphatic carbocycles. The van der Waals surface area contributed by atoms with Crippen LogP contribution in [0.4, 0.5) is 4.39 Å². The fourth-order valence-electron chi connectivity index (χ4n) is 4.15. The first kappa shape index (κ1) is 22.9. The molecule has 1 aliphatic rings. The predicted octanol–water partition coefficient (Wildman–Crippen LogP) is 3.17. The third-order valence-corrected chi connectivity index (χ3v) is 8.10. The number of nitrogens with zero attached hydrogens (tertiary/aromatic N) is 4. The number of imidazole rings is 1. The van der Waals surface area contributed by atoms with Crippen molar-refractivity contribution >= 4 is 9.84 Å². The van der Waals surface area contributed by atoms with E-state index in [4.69, 9.17) is 0 Å². The Kier molecular flexibility index (Phi) is 7.31. The molecule has 1 saturated heterocycles. The molecule has 0 spiro atoms. The van der Waals surface area contributed by atoms with Gasteiger partial charge in [-0.2, -0.15) is 0 Å². The fraction of sp³-hybridized carbons (Fsp3) is 0.591. The highest BCUT2D eigenvalue weighted by atomic mass is 32.2. The lowest BCUT2D eigenvalue weighted by Gasteiger charge is -2.26. The van der Waals surface area contributed by atoms with Gasteiger partial charge in [0.25, 0.3) is 0 Å². The molecule has 6 nitrogen and oxygen atoms in total. The fourth-order valence-corrected chi connectivity index (χ4v) is 5.26. The van der Waals surface area contributed by atoms with E-state index < -0.39 is 15.1 Å². The topological polar surface area (TPSA) is 58.4 Å². The van der Waals surface area contributed by atoms with Crippen molar-refractivity contribution in [2.75, 3.05) is 26.2 Å². The van der Waals surface area contributed by atoms with Crippen LogP contribution in [0.3, 0.4) is 0 Å². The number of likely N-dealkylation sites (N-methyl/N-ethyl adjacent to an activating group) is 1. The van der Waals surface area contributed by atoms with Crippen molar-refractivity contribution in [1.82, 2.24) is 19.4 Å². The molecule has 1 aromatic heterocycles. The highest BCUT2D eigenvalue weighted by Gasteiger charge is 2.30. The van der Waals surface area contributed by atoms with E-state index >= 15 is 0 Å². The zero-order valence-electron chi connectivity index (χ0n) is 18.4. The highest BCUT2D eigenvalue weighted by molar-refractivity contribution is 7.91. The van der Waals surface area contributed by atoms with Crippen molar-refractivity contribution in [1.29, 1.82) is 0 Å². The van der Waals surface area contributed by atoms with E-state index in [9.17, 15) is 12.8 Å². The molecular weight excluding hydrogens is 403 g/mol. The number of hydrogen-bond donors (Lipinski definition) is 0. The number of halogens is 1. The van der Waals surface area contributed by atoms with Gasteiger partial charge in [0.05, 0.1) is 23.7 Å². The summed E-state index contributed by atoms with van der Waals surface area (Å²) in [5.41, 5.74) is 1.26. The van der Waals surface area contributed by atoms with Crippen LogP contribution in [-0.4, -0.2) is 65.2 Å². The number of hydrogen-bond acceptors (Lipinski definition) is 5. The van der Waals surface area contributed by atoms with Gasteiger partial charge in [-0.3, -0.25) is 9.80 Å². The Hall–Kier alpha value is -1.77. The average Bonchev–Trinajstić information content (AvgIpc) is 3.33. The second-order valence-electron chi connectivity index (χ2n) is 8.20. The molecule has 0 bridgehead atoms. The van der Waals surface area contributed by atoms with Crippen molar-refractivity contribution in [3.8, 4) is 0 Å². The first-order valence-electron chi connectivity index (χ1n) is 10.8. The number of aromatic nitrogens is 2. The third-order valence-electron chi connectivity index (χ3n) is 6.02. The van der Waals surface area contributed by atoms with E-state index in [-0.39, 0.29) is 17.5 Å². The second-order valence-corrected chi connectivity index (χ2v) is 10.6. The van der Waals surface area contributed by atoms with Crippen LogP contribution in [0.5, 0.6) is 0 Å². The molecule has 8 heteroatoms. The van der Waals surface area contributed by atoms with Gasteiger partial charge in [-0.15, -0.1) is 0 Å². The quantitative estimate of drug-likeness (QED) is 0.604. The van der Waals surface area contributed by atoms with Crippen LogP contribution in [0, 0.1) is 5.82 Å². The molecule has 0 saturated carbocycles. The summed E-state index contributed by atoms with van der Waals surface area (Å²) >= 11 is 0. The Bertz CT molecular complexity index is 954. The summed E-state index contributed by atoms with van der Waals surface area (Å²) in [6, 6.07) is 7.01. The van der Waals surface area contributed by atoms with E-state index in [0.717, 1.165) is 38.3 Å². The highest BCUT2D eigenvalue weighted by Crippen LogP contribution is 2.23. The van der Waals surface area contributed by atoms with Crippen LogP contribution >= 0.6 is 0 Å². The minimum Gasteiger partial charge on any atom is -0.313 e. The van der Waals surface area contributed by atoms with Crippen molar-refractivity contribution < 1.29 is 12.8 Å². The Morgan fingerprint density at radius 2 is 1.90 bits per heavy atom. The number of sulfone groups is 1. The zero-order valence-corrected chi connectivity index (χ0v) is 19.2. The van der Waals surface area contributed by atoms with Crippen LogP contribution in [-0.2, 0) is 22.9 Å². The van der Waals surface area contributed by atoms with Gasteiger partial charge in [-0.05, 0) is 39.4 Å². The summed E-state index contributed by atoms with van der Waals surface area (Å²) < 4.78 is 41.8. The molecule has 1 aliphatic heterocycles. The maximum absolute atomic E-state index is 14.3. The largest absolute Gasteiger partial charge is 0.313 e. The lowest BCUT2D eigenvalue weighted by atomic mass is 10.2. The molecule has 3 rings (SSSR count). The maximum Gasteiger partial charge on any atom is 0.228 e. The van der Waals surface area contributed by atoms with Gasteiger partial charge in [0, 0.05) is 31.2 Å². The van der Waals surface area contributed by atoms with Gasteiger partial charge >= 0.3 is 0 Å². The Morgan fingerprint density at radius 1 is 1.20 bits per heavy atom. The molecule has 0 unspecified atom stereocenters. The lowest BCUT2D eigenvalue weighted by Crippen LogP contribution is -2.37. The second kappa shape index (κ2) is 9.58. The number of rotatable bonds is 9. The van der Waals surface area contributed by atoms with Gasteiger partial charge in [0.1, 0.15) is 5.82 Å². The summed E-state index contributed by atoms with van der Waals surface area (Å²) in [4.78, 5) is 9.08. The van der Waals surface area contributed by atoms with Crippen LogP contribution in [0.15, 0.2) is 35.6 Å². The summed E-state index contributed by atoms with van der Waals surface area (Å²) in [6.07, 6.45) is 2.74. The van der Waals surface area contributed by atoms with Crippen molar-refractivity contribution in [2.45, 2.75) is 63.7 Å². The number of likely N-dealkylation sites (tertiary alicyclic amines) is 1. The minimum atomic E-state index is -3.58. The summed E-state index contributed by atoms with van der Waals surface area (Å²) in [5.74, 6) is -0.340. The van der Waals surface area contributed by atoms with Crippen molar-refractivity contribution in [3.05, 3.63) is 47.5 Å². The van der Waals surface area contributed by atoms with E-state index in [2.05, 4.69) is 28.6 Å². The monoisotopic (exact) mass is 436 g/mol. The van der Waals surface area contributed by atoms with Gasteiger partial charge in [-0.1, -0.05) is 32.0 Å². The standard InChI is InChI=1S/C22H33FN4O2S/c1-5-26(6-2)19-11-12-25(15-19)16-20-13-24-22(30(28,29)17(3)4)27(20)14-18-9-7-8-10-21(18)23/h7-10,13,17,19H,5-6,11-12,14-16H2,1-4H3/t19-/m1/s1. The Labute approximate surface area is 179 Å². The Morgan fingerprint density at radius 3 is 2.53 bits per heavy atom. The summed E-state index contributed by atoms with van der Waals surface area (Å²) in [7, 11) is -3.58. The molecule has 1 fully saturated rings. The lowest BCUT2D eigenvalue weighted by molar-refractivity contribution is 0.208.